The summed E-state index contributed by atoms with van der Waals surface area (Å²) in [5.41, 5.74) is 1.45. The molecule has 1 aromatic heterocycles. The molecule has 2 aliphatic heterocycles. The predicted octanol–water partition coefficient (Wildman–Crippen LogP) is 1.92. The molecule has 0 radical (unpaired) electrons. The van der Waals surface area contributed by atoms with Crippen molar-refractivity contribution in [2.45, 2.75) is 38.9 Å². The first kappa shape index (κ1) is 15.8. The largest absolute Gasteiger partial charge is 0.377 e. The number of hydrogen-bond acceptors (Lipinski definition) is 4. The van der Waals surface area contributed by atoms with Crippen molar-refractivity contribution >= 4 is 17.4 Å². The van der Waals surface area contributed by atoms with Crippen molar-refractivity contribution in [1.82, 2.24) is 15.1 Å². The zero-order valence-electron chi connectivity index (χ0n) is 13.4. The Bertz CT molecular complexity index is 519. The van der Waals surface area contributed by atoms with E-state index >= 15 is 0 Å². The summed E-state index contributed by atoms with van der Waals surface area (Å²) in [6.07, 6.45) is 1.13. The normalized spacial score (nSPS) is 23.9. The summed E-state index contributed by atoms with van der Waals surface area (Å²) in [4.78, 5) is 18.2. The van der Waals surface area contributed by atoms with Crippen LogP contribution in [0.5, 0.6) is 0 Å². The Balaban J connectivity index is 1.48. The molecule has 3 rings (SSSR count). The molecule has 122 valence electrons. The first-order valence-electron chi connectivity index (χ1n) is 8.06. The van der Waals surface area contributed by atoms with Gasteiger partial charge in [-0.3, -0.25) is 4.90 Å². The number of ether oxygens (including phenoxy) is 1. The zero-order valence-corrected chi connectivity index (χ0v) is 14.2. The van der Waals surface area contributed by atoms with E-state index in [1.807, 2.05) is 23.2 Å². The highest BCUT2D eigenvalue weighted by molar-refractivity contribution is 7.10. The van der Waals surface area contributed by atoms with Gasteiger partial charge in [-0.05, 0) is 37.3 Å². The lowest BCUT2D eigenvalue weighted by atomic mass is 10.1. The lowest BCUT2D eigenvalue weighted by molar-refractivity contribution is 0.0186. The molecule has 1 saturated heterocycles. The molecule has 0 aliphatic carbocycles. The van der Waals surface area contributed by atoms with E-state index in [0.717, 1.165) is 19.5 Å². The van der Waals surface area contributed by atoms with Crippen LogP contribution < -0.4 is 5.32 Å². The fraction of sp³-hybridized carbons (Fsp3) is 0.688. The van der Waals surface area contributed by atoms with Gasteiger partial charge in [0.2, 0.25) is 0 Å². The molecule has 1 N–H and O–H groups in total. The van der Waals surface area contributed by atoms with Gasteiger partial charge < -0.3 is 15.0 Å². The molecular formula is C16H25N3O2S. The third-order valence-corrected chi connectivity index (χ3v) is 5.66. The summed E-state index contributed by atoms with van der Waals surface area (Å²) in [6, 6.07) is 2.78. The maximum atomic E-state index is 12.3. The molecule has 1 aromatic rings. The number of rotatable bonds is 3. The van der Waals surface area contributed by atoms with Crippen LogP contribution in [0.1, 0.15) is 24.3 Å². The minimum Gasteiger partial charge on any atom is -0.377 e. The van der Waals surface area contributed by atoms with Crippen LogP contribution in [0.15, 0.2) is 11.4 Å². The number of nitrogens with zero attached hydrogens (tertiary/aromatic N) is 2. The van der Waals surface area contributed by atoms with Gasteiger partial charge in [0.05, 0.1) is 19.3 Å². The third kappa shape index (κ3) is 3.45. The third-order valence-electron chi connectivity index (χ3n) is 4.64. The van der Waals surface area contributed by atoms with Gasteiger partial charge >= 0.3 is 6.03 Å². The Kier molecular flexibility index (Phi) is 5.00. The maximum absolute atomic E-state index is 12.3. The molecule has 0 spiro atoms. The number of carbonyl (C=O) groups is 1. The number of urea groups is 1. The standard InChI is InChI=1S/C16H25N3O2S/c1-12(18-5-3-15-14(10-18)4-8-22-15)9-17-16(20)19-6-7-21-11-13(19)2/h4,8,12-13H,3,5-7,9-11H2,1-2H3,(H,17,20)/t12-,13-/m1/s1. The van der Waals surface area contributed by atoms with Crippen LogP contribution in [-0.2, 0) is 17.7 Å². The van der Waals surface area contributed by atoms with Crippen LogP contribution in [0, 0.1) is 0 Å². The van der Waals surface area contributed by atoms with Crippen LogP contribution in [-0.4, -0.2) is 60.8 Å². The van der Waals surface area contributed by atoms with E-state index in [1.54, 1.807) is 0 Å². The Morgan fingerprint density at radius 1 is 1.55 bits per heavy atom. The predicted molar refractivity (Wildman–Crippen MR) is 88.3 cm³/mol. The van der Waals surface area contributed by atoms with Gasteiger partial charge in [-0.15, -0.1) is 11.3 Å². The van der Waals surface area contributed by atoms with E-state index in [1.165, 1.54) is 10.4 Å². The molecule has 1 fully saturated rings. The highest BCUT2D eigenvalue weighted by Crippen LogP contribution is 2.24. The number of carbonyl (C=O) groups excluding carboxylic acids is 1. The highest BCUT2D eigenvalue weighted by Gasteiger charge is 2.25. The summed E-state index contributed by atoms with van der Waals surface area (Å²) >= 11 is 1.86. The maximum Gasteiger partial charge on any atom is 0.317 e. The summed E-state index contributed by atoms with van der Waals surface area (Å²) in [7, 11) is 0. The van der Waals surface area contributed by atoms with Crippen molar-refractivity contribution in [3.8, 4) is 0 Å². The van der Waals surface area contributed by atoms with E-state index in [9.17, 15) is 4.79 Å². The van der Waals surface area contributed by atoms with E-state index in [4.69, 9.17) is 4.74 Å². The molecule has 2 aliphatic rings. The van der Waals surface area contributed by atoms with E-state index in [-0.39, 0.29) is 12.1 Å². The second-order valence-electron chi connectivity index (χ2n) is 6.24. The lowest BCUT2D eigenvalue weighted by Crippen LogP contribution is -2.53. The minimum absolute atomic E-state index is 0.0379. The van der Waals surface area contributed by atoms with Gasteiger partial charge in [0.15, 0.2) is 0 Å². The summed E-state index contributed by atoms with van der Waals surface area (Å²) in [5, 5.41) is 5.27. The van der Waals surface area contributed by atoms with Crippen LogP contribution in [0.2, 0.25) is 0 Å². The summed E-state index contributed by atoms with van der Waals surface area (Å²) in [5.74, 6) is 0. The second-order valence-corrected chi connectivity index (χ2v) is 7.24. The fourth-order valence-electron chi connectivity index (χ4n) is 3.14. The second kappa shape index (κ2) is 6.98. The number of nitrogens with one attached hydrogen (secondary N) is 1. The van der Waals surface area contributed by atoms with Gasteiger partial charge in [0, 0.05) is 37.1 Å². The van der Waals surface area contributed by atoms with Crippen LogP contribution in [0.4, 0.5) is 4.79 Å². The van der Waals surface area contributed by atoms with E-state index in [2.05, 4.69) is 28.6 Å². The first-order valence-corrected chi connectivity index (χ1v) is 8.94. The van der Waals surface area contributed by atoms with Gasteiger partial charge in [-0.1, -0.05) is 0 Å². The van der Waals surface area contributed by atoms with Crippen LogP contribution in [0.3, 0.4) is 0 Å². The van der Waals surface area contributed by atoms with Gasteiger partial charge in [0.1, 0.15) is 0 Å². The fourth-order valence-corrected chi connectivity index (χ4v) is 4.03. The molecule has 0 saturated carbocycles. The molecule has 3 heterocycles. The molecular weight excluding hydrogens is 298 g/mol. The van der Waals surface area contributed by atoms with Crippen molar-refractivity contribution in [3.05, 3.63) is 21.9 Å². The first-order chi connectivity index (χ1) is 10.6. The van der Waals surface area contributed by atoms with Crippen molar-refractivity contribution in [2.24, 2.45) is 0 Å². The summed E-state index contributed by atoms with van der Waals surface area (Å²) in [6.45, 7) is 8.97. The van der Waals surface area contributed by atoms with Crippen molar-refractivity contribution in [1.29, 1.82) is 0 Å². The topological polar surface area (TPSA) is 44.8 Å². The molecule has 2 amide bonds. The van der Waals surface area contributed by atoms with E-state index < -0.39 is 0 Å². The average molecular weight is 323 g/mol. The SMILES string of the molecule is C[C@H](CNC(=O)N1CCOC[C@H]1C)N1CCc2sccc2C1. The van der Waals surface area contributed by atoms with Crippen LogP contribution >= 0.6 is 11.3 Å². The number of amides is 2. The molecule has 0 bridgehead atoms. The number of fused-ring (bicyclic) bond motifs is 1. The van der Waals surface area contributed by atoms with E-state index in [0.29, 0.717) is 32.3 Å². The van der Waals surface area contributed by atoms with Gasteiger partial charge in [0.25, 0.3) is 0 Å². The highest BCUT2D eigenvalue weighted by atomic mass is 32.1. The Morgan fingerprint density at radius 2 is 2.41 bits per heavy atom. The Labute approximate surface area is 136 Å². The number of morpholine rings is 1. The van der Waals surface area contributed by atoms with Gasteiger partial charge in [-0.25, -0.2) is 4.79 Å². The van der Waals surface area contributed by atoms with Gasteiger partial charge in [-0.2, -0.15) is 0 Å². The molecule has 0 aromatic carbocycles. The minimum atomic E-state index is 0.0379. The average Bonchev–Trinajstić information content (AvgIpc) is 3.00. The molecule has 2 atom stereocenters. The molecule has 6 heteroatoms. The Hall–Kier alpha value is -1.11. The molecule has 0 unspecified atom stereocenters. The number of thiophene rings is 1. The van der Waals surface area contributed by atoms with Crippen molar-refractivity contribution in [3.63, 3.8) is 0 Å². The quantitative estimate of drug-likeness (QED) is 0.924. The smallest absolute Gasteiger partial charge is 0.317 e. The summed E-state index contributed by atoms with van der Waals surface area (Å²) < 4.78 is 5.38. The van der Waals surface area contributed by atoms with Crippen LogP contribution in [0.25, 0.3) is 0 Å². The molecule has 22 heavy (non-hydrogen) atoms. The van der Waals surface area contributed by atoms with Crippen molar-refractivity contribution < 1.29 is 9.53 Å². The lowest BCUT2D eigenvalue weighted by Gasteiger charge is -2.35. The van der Waals surface area contributed by atoms with Crippen molar-refractivity contribution in [2.75, 3.05) is 32.8 Å². The monoisotopic (exact) mass is 323 g/mol. The Morgan fingerprint density at radius 3 is 3.23 bits per heavy atom. The molecule has 5 nitrogen and oxygen atoms in total. The number of hydrogen-bond donors (Lipinski definition) is 1. The zero-order chi connectivity index (χ0) is 15.5.